The van der Waals surface area contributed by atoms with Crippen molar-refractivity contribution in [3.63, 3.8) is 0 Å². The van der Waals surface area contributed by atoms with Crippen molar-refractivity contribution in [1.29, 1.82) is 0 Å². The number of hydrogen-bond donors (Lipinski definition) is 1. The van der Waals surface area contributed by atoms with Gasteiger partial charge in [-0.15, -0.1) is 0 Å². The van der Waals surface area contributed by atoms with E-state index in [9.17, 15) is 18.8 Å². The maximum Gasteiger partial charge on any atom is 0.257 e. The van der Waals surface area contributed by atoms with E-state index in [1.807, 2.05) is 48.5 Å². The molecule has 0 spiro atoms. The fourth-order valence-corrected chi connectivity index (χ4v) is 5.46. The van der Waals surface area contributed by atoms with Crippen LogP contribution < -0.4 is 5.32 Å². The lowest BCUT2D eigenvalue weighted by Crippen LogP contribution is -2.46. The summed E-state index contributed by atoms with van der Waals surface area (Å²) >= 11 is 0. The summed E-state index contributed by atoms with van der Waals surface area (Å²) in [5, 5.41) is 3.10. The first-order valence-corrected chi connectivity index (χ1v) is 14.0. The predicted octanol–water partition coefficient (Wildman–Crippen LogP) is 7.19. The molecule has 6 heteroatoms. The molecule has 3 aromatic rings. The molecule has 1 aliphatic heterocycles. The highest BCUT2D eigenvalue weighted by Gasteiger charge is 2.40. The smallest absolute Gasteiger partial charge is 0.257 e. The zero-order valence-electron chi connectivity index (χ0n) is 24.1. The number of halogens is 1. The lowest BCUT2D eigenvalue weighted by atomic mass is 9.82. The maximum atomic E-state index is 14.9. The maximum absolute atomic E-state index is 14.9. The van der Waals surface area contributed by atoms with Crippen LogP contribution in [0.15, 0.2) is 66.7 Å². The Bertz CT molecular complexity index is 1370. The molecule has 40 heavy (non-hydrogen) atoms. The van der Waals surface area contributed by atoms with E-state index in [2.05, 4.69) is 26.1 Å². The summed E-state index contributed by atoms with van der Waals surface area (Å²) in [4.78, 5) is 40.8. The Morgan fingerprint density at radius 1 is 1.00 bits per heavy atom. The molecule has 2 amide bonds. The molecule has 2 atom stereocenters. The third-order valence-electron chi connectivity index (χ3n) is 7.75. The molecule has 0 aromatic heterocycles. The second-order valence-corrected chi connectivity index (χ2v) is 11.9. The van der Waals surface area contributed by atoms with Crippen molar-refractivity contribution in [3.8, 4) is 0 Å². The summed E-state index contributed by atoms with van der Waals surface area (Å²) in [6, 6.07) is 19.7. The van der Waals surface area contributed by atoms with Crippen LogP contribution in [0.4, 0.5) is 10.1 Å². The molecule has 1 aliphatic rings. The SMILES string of the molecule is CC(=O)CCc1ccc([C@H]2[C@@H](C(=O)Nc3cccc(C(C)(C)C)c3)CCCN2C(=O)c2c(C)cccc2F)cc1. The third kappa shape index (κ3) is 6.67. The molecular weight excluding hydrogens is 503 g/mol. The Hall–Kier alpha value is -3.80. The Balaban J connectivity index is 1.70. The standard InChI is InChI=1S/C34H39FN2O3/c1-22-9-6-13-29(35)30(22)33(40)37-20-8-12-28(31(37)25-18-16-24(17-19-25)15-14-23(2)38)32(39)36-27-11-7-10-26(21-27)34(3,4)5/h6-7,9-11,13,16-19,21,28,31H,8,12,14-15,20H2,1-5H3,(H,36,39)/t28-,31-/m0/s1. The van der Waals surface area contributed by atoms with Crippen LogP contribution in [0.1, 0.15) is 85.6 Å². The van der Waals surface area contributed by atoms with Gasteiger partial charge in [0, 0.05) is 18.7 Å². The van der Waals surface area contributed by atoms with Crippen molar-refractivity contribution in [1.82, 2.24) is 4.90 Å². The van der Waals surface area contributed by atoms with Gasteiger partial charge in [-0.2, -0.15) is 0 Å². The molecule has 210 valence electrons. The van der Waals surface area contributed by atoms with Crippen molar-refractivity contribution >= 4 is 23.3 Å². The number of rotatable bonds is 7. The molecule has 0 radical (unpaired) electrons. The average molecular weight is 543 g/mol. The highest BCUT2D eigenvalue weighted by molar-refractivity contribution is 5.98. The zero-order valence-corrected chi connectivity index (χ0v) is 24.1. The van der Waals surface area contributed by atoms with Crippen LogP contribution >= 0.6 is 0 Å². The summed E-state index contributed by atoms with van der Waals surface area (Å²) in [5.74, 6) is -1.53. The number of Topliss-reactive ketones (excluding diaryl/α,β-unsaturated/α-hetero) is 1. The van der Waals surface area contributed by atoms with Crippen LogP contribution in [0, 0.1) is 18.7 Å². The molecule has 4 rings (SSSR count). The lowest BCUT2D eigenvalue weighted by Gasteiger charge is -2.41. The highest BCUT2D eigenvalue weighted by Crippen LogP contribution is 2.39. The number of nitrogens with zero attached hydrogens (tertiary/aromatic N) is 1. The minimum Gasteiger partial charge on any atom is -0.331 e. The number of likely N-dealkylation sites (tertiary alicyclic amines) is 1. The van der Waals surface area contributed by atoms with Gasteiger partial charge < -0.3 is 15.0 Å². The summed E-state index contributed by atoms with van der Waals surface area (Å²) in [6.45, 7) is 10.1. The van der Waals surface area contributed by atoms with Crippen molar-refractivity contribution in [2.45, 2.75) is 71.8 Å². The quantitative estimate of drug-likeness (QED) is 0.344. The summed E-state index contributed by atoms with van der Waals surface area (Å²) in [6.07, 6.45) is 2.32. The Morgan fingerprint density at radius 3 is 2.35 bits per heavy atom. The van der Waals surface area contributed by atoms with Crippen molar-refractivity contribution in [2.75, 3.05) is 11.9 Å². The molecule has 0 unspecified atom stereocenters. The highest BCUT2D eigenvalue weighted by atomic mass is 19.1. The molecule has 0 aliphatic carbocycles. The van der Waals surface area contributed by atoms with Gasteiger partial charge in [-0.1, -0.05) is 69.3 Å². The van der Waals surface area contributed by atoms with Crippen LogP contribution in [-0.4, -0.2) is 29.0 Å². The van der Waals surface area contributed by atoms with Crippen molar-refractivity contribution in [3.05, 3.63) is 100 Å². The van der Waals surface area contributed by atoms with E-state index in [1.54, 1.807) is 30.9 Å². The fourth-order valence-electron chi connectivity index (χ4n) is 5.46. The number of aryl methyl sites for hydroxylation is 2. The minimum absolute atomic E-state index is 0.0458. The summed E-state index contributed by atoms with van der Waals surface area (Å²) in [7, 11) is 0. The number of benzene rings is 3. The Kier molecular flexibility index (Phi) is 8.87. The van der Waals surface area contributed by atoms with Crippen molar-refractivity contribution < 1.29 is 18.8 Å². The number of ketones is 1. The molecule has 3 aromatic carbocycles. The van der Waals surface area contributed by atoms with E-state index in [0.29, 0.717) is 43.5 Å². The molecule has 0 bridgehead atoms. The van der Waals surface area contributed by atoms with E-state index in [1.165, 1.54) is 6.07 Å². The van der Waals surface area contributed by atoms with Crippen LogP contribution in [0.5, 0.6) is 0 Å². The second-order valence-electron chi connectivity index (χ2n) is 11.9. The van der Waals surface area contributed by atoms with Crippen molar-refractivity contribution in [2.24, 2.45) is 5.92 Å². The van der Waals surface area contributed by atoms with E-state index >= 15 is 0 Å². The molecule has 1 saturated heterocycles. The number of amides is 2. The zero-order chi connectivity index (χ0) is 29.0. The van der Waals surface area contributed by atoms with Crippen LogP contribution in [0.3, 0.4) is 0 Å². The van der Waals surface area contributed by atoms with Crippen LogP contribution in [0.25, 0.3) is 0 Å². The second kappa shape index (κ2) is 12.2. The predicted molar refractivity (Wildman–Crippen MR) is 157 cm³/mol. The first kappa shape index (κ1) is 29.2. The van der Waals surface area contributed by atoms with Gasteiger partial charge in [0.25, 0.3) is 5.91 Å². The average Bonchev–Trinajstić information content (AvgIpc) is 2.91. The topological polar surface area (TPSA) is 66.5 Å². The monoisotopic (exact) mass is 542 g/mol. The van der Waals surface area contributed by atoms with Gasteiger partial charge in [-0.25, -0.2) is 4.39 Å². The Labute approximate surface area is 236 Å². The van der Waals surface area contributed by atoms with E-state index in [-0.39, 0.29) is 22.7 Å². The normalized spacial score (nSPS) is 17.4. The van der Waals surface area contributed by atoms with Crippen LogP contribution in [-0.2, 0) is 21.4 Å². The third-order valence-corrected chi connectivity index (χ3v) is 7.75. The van der Waals surface area contributed by atoms with Gasteiger partial charge >= 0.3 is 0 Å². The molecule has 1 fully saturated rings. The number of nitrogens with one attached hydrogen (secondary N) is 1. The number of hydrogen-bond acceptors (Lipinski definition) is 3. The van der Waals surface area contributed by atoms with E-state index < -0.39 is 23.7 Å². The largest absolute Gasteiger partial charge is 0.331 e. The van der Waals surface area contributed by atoms with Gasteiger partial charge in [-0.05, 0) is 79.0 Å². The molecule has 0 saturated carbocycles. The van der Waals surface area contributed by atoms with Gasteiger partial charge in [0.05, 0.1) is 17.5 Å². The van der Waals surface area contributed by atoms with Gasteiger partial charge in [-0.3, -0.25) is 9.59 Å². The molecular formula is C34H39FN2O3. The van der Waals surface area contributed by atoms with E-state index in [4.69, 9.17) is 0 Å². The number of anilines is 1. The first-order chi connectivity index (χ1) is 19.0. The minimum atomic E-state index is -0.562. The molecule has 1 heterocycles. The summed E-state index contributed by atoms with van der Waals surface area (Å²) < 4.78 is 14.9. The molecule has 5 nitrogen and oxygen atoms in total. The van der Waals surface area contributed by atoms with Gasteiger partial charge in [0.1, 0.15) is 11.6 Å². The summed E-state index contributed by atoms with van der Waals surface area (Å²) in [5.41, 5.74) is 4.19. The number of piperidine rings is 1. The van der Waals surface area contributed by atoms with Gasteiger partial charge in [0.15, 0.2) is 0 Å². The Morgan fingerprint density at radius 2 is 1.70 bits per heavy atom. The lowest BCUT2D eigenvalue weighted by molar-refractivity contribution is -0.123. The number of carbonyl (C=O) groups excluding carboxylic acids is 3. The van der Waals surface area contributed by atoms with Crippen LogP contribution in [0.2, 0.25) is 0 Å². The fraction of sp³-hybridized carbons (Fsp3) is 0.382. The number of carbonyl (C=O) groups is 3. The first-order valence-electron chi connectivity index (χ1n) is 14.0. The van der Waals surface area contributed by atoms with E-state index in [0.717, 1.165) is 16.7 Å². The molecule has 1 N–H and O–H groups in total. The van der Waals surface area contributed by atoms with Gasteiger partial charge in [0.2, 0.25) is 5.91 Å².